The zero-order valence-corrected chi connectivity index (χ0v) is 19.0. The third-order valence-corrected chi connectivity index (χ3v) is 6.52. The maximum atomic E-state index is 9.86. The number of aliphatic hydroxyl groups is 2. The third kappa shape index (κ3) is 4.51. The van der Waals surface area contributed by atoms with Gasteiger partial charge in [0.15, 0.2) is 0 Å². The van der Waals surface area contributed by atoms with Crippen molar-refractivity contribution in [1.82, 2.24) is 24.7 Å². The molecule has 0 amide bonds. The molecule has 34 heavy (non-hydrogen) atoms. The molecular formula is C27H27N5O2. The van der Waals surface area contributed by atoms with Crippen LogP contribution in [0.25, 0.3) is 11.1 Å². The predicted molar refractivity (Wildman–Crippen MR) is 129 cm³/mol. The first-order chi connectivity index (χ1) is 16.6. The molecule has 1 aliphatic carbocycles. The van der Waals surface area contributed by atoms with E-state index in [0.717, 1.165) is 29.8 Å². The van der Waals surface area contributed by atoms with Crippen LogP contribution in [0.4, 0.5) is 0 Å². The Balaban J connectivity index is 1.24. The molecule has 172 valence electrons. The van der Waals surface area contributed by atoms with Crippen molar-refractivity contribution in [2.45, 2.75) is 43.7 Å². The van der Waals surface area contributed by atoms with E-state index in [-0.39, 0.29) is 6.61 Å². The van der Waals surface area contributed by atoms with E-state index in [1.807, 2.05) is 12.1 Å². The van der Waals surface area contributed by atoms with Crippen molar-refractivity contribution in [1.29, 1.82) is 0 Å². The van der Waals surface area contributed by atoms with E-state index in [0.29, 0.717) is 17.7 Å². The monoisotopic (exact) mass is 453 g/mol. The van der Waals surface area contributed by atoms with E-state index in [2.05, 4.69) is 68.4 Å². The van der Waals surface area contributed by atoms with Gasteiger partial charge in [0.25, 0.3) is 0 Å². The van der Waals surface area contributed by atoms with Gasteiger partial charge in [-0.1, -0.05) is 48.2 Å². The summed E-state index contributed by atoms with van der Waals surface area (Å²) in [6.45, 7) is 1.49. The van der Waals surface area contributed by atoms with Crippen molar-refractivity contribution in [3.8, 4) is 23.0 Å². The molecule has 7 nitrogen and oxygen atoms in total. The van der Waals surface area contributed by atoms with Gasteiger partial charge in [0.1, 0.15) is 30.1 Å². The lowest BCUT2D eigenvalue weighted by Crippen LogP contribution is -2.21. The number of aromatic amines is 1. The Labute approximate surface area is 198 Å². The van der Waals surface area contributed by atoms with Gasteiger partial charge in [0.2, 0.25) is 0 Å². The molecule has 2 atom stereocenters. The number of nitrogens with zero attached hydrogens (tertiary/aromatic N) is 4. The van der Waals surface area contributed by atoms with Crippen LogP contribution in [0.2, 0.25) is 0 Å². The van der Waals surface area contributed by atoms with Crippen LogP contribution in [0.1, 0.15) is 66.5 Å². The number of hydrogen-bond donors (Lipinski definition) is 3. The lowest BCUT2D eigenvalue weighted by atomic mass is 9.71. The van der Waals surface area contributed by atoms with Gasteiger partial charge in [-0.3, -0.25) is 5.10 Å². The summed E-state index contributed by atoms with van der Waals surface area (Å²) in [6.07, 6.45) is 6.39. The Morgan fingerprint density at radius 1 is 1.03 bits per heavy atom. The first-order valence-electron chi connectivity index (χ1n) is 11.5. The van der Waals surface area contributed by atoms with E-state index in [1.165, 1.54) is 11.1 Å². The zero-order valence-electron chi connectivity index (χ0n) is 19.0. The predicted octanol–water partition coefficient (Wildman–Crippen LogP) is 3.97. The highest BCUT2D eigenvalue weighted by molar-refractivity contribution is 5.64. The molecule has 0 saturated heterocycles. The molecule has 1 fully saturated rings. The van der Waals surface area contributed by atoms with E-state index < -0.39 is 12.1 Å². The van der Waals surface area contributed by atoms with Gasteiger partial charge in [0.05, 0.1) is 6.61 Å². The molecule has 5 rings (SSSR count). The minimum atomic E-state index is -0.726. The van der Waals surface area contributed by atoms with Gasteiger partial charge in [-0.25, -0.2) is 9.97 Å². The van der Waals surface area contributed by atoms with Crippen LogP contribution in [0.15, 0.2) is 67.3 Å². The van der Waals surface area contributed by atoms with Crippen molar-refractivity contribution in [3.05, 3.63) is 90.0 Å². The zero-order chi connectivity index (χ0) is 23.5. The Morgan fingerprint density at radius 3 is 2.35 bits per heavy atom. The summed E-state index contributed by atoms with van der Waals surface area (Å²) in [7, 11) is 0. The molecule has 2 heterocycles. The lowest BCUT2D eigenvalue weighted by molar-refractivity contribution is 0.176. The van der Waals surface area contributed by atoms with Crippen molar-refractivity contribution in [2.75, 3.05) is 6.61 Å². The molecule has 3 N–H and O–H groups in total. The number of nitrogens with one attached hydrogen (secondary N) is 1. The summed E-state index contributed by atoms with van der Waals surface area (Å²) >= 11 is 0. The minimum Gasteiger partial charge on any atom is -0.393 e. The number of aromatic nitrogens is 5. The summed E-state index contributed by atoms with van der Waals surface area (Å²) < 4.78 is 1.71. The smallest absolute Gasteiger partial charge is 0.138 e. The first kappa shape index (κ1) is 22.1. The van der Waals surface area contributed by atoms with Gasteiger partial charge in [0, 0.05) is 23.9 Å². The summed E-state index contributed by atoms with van der Waals surface area (Å²) in [6, 6.07) is 16.4. The Kier molecular flexibility index (Phi) is 6.26. The fraction of sp³-hybridized carbons (Fsp3) is 0.296. The number of rotatable bonds is 6. The third-order valence-electron chi connectivity index (χ3n) is 6.52. The summed E-state index contributed by atoms with van der Waals surface area (Å²) in [5, 5.41) is 26.6. The van der Waals surface area contributed by atoms with Gasteiger partial charge >= 0.3 is 0 Å². The molecule has 1 aliphatic rings. The molecule has 7 heteroatoms. The molecule has 2 aromatic heterocycles. The second kappa shape index (κ2) is 9.64. The van der Waals surface area contributed by atoms with Gasteiger partial charge in [-0.05, 0) is 54.5 Å². The highest BCUT2D eigenvalue weighted by Gasteiger charge is 2.33. The maximum Gasteiger partial charge on any atom is 0.138 e. The summed E-state index contributed by atoms with van der Waals surface area (Å²) in [4.78, 5) is 8.43. The molecule has 0 unspecified atom stereocenters. The van der Waals surface area contributed by atoms with Crippen LogP contribution in [0, 0.1) is 11.8 Å². The average Bonchev–Trinajstić information content (AvgIpc) is 3.52. The molecule has 0 bridgehead atoms. The quantitative estimate of drug-likeness (QED) is 0.384. The fourth-order valence-electron chi connectivity index (χ4n) is 4.50. The SMILES string of the molecule is C[C@H](O)c1nccn1[C@@H](C#Cc1ccc(-c2ccc(C3CC(c4ncn[nH]4)C3)cc2)cc1)CO. The largest absolute Gasteiger partial charge is 0.393 e. The van der Waals surface area contributed by atoms with Gasteiger partial charge in [-0.2, -0.15) is 5.10 Å². The molecule has 0 spiro atoms. The van der Waals surface area contributed by atoms with Crippen LogP contribution in [-0.4, -0.2) is 41.6 Å². The van der Waals surface area contributed by atoms with Crippen LogP contribution in [0.3, 0.4) is 0 Å². The topological polar surface area (TPSA) is 99.9 Å². The van der Waals surface area contributed by atoms with Crippen LogP contribution >= 0.6 is 0 Å². The number of H-pyrrole nitrogens is 1. The highest BCUT2D eigenvalue weighted by atomic mass is 16.3. The summed E-state index contributed by atoms with van der Waals surface area (Å²) in [5.41, 5.74) is 4.54. The van der Waals surface area contributed by atoms with E-state index >= 15 is 0 Å². The number of aliphatic hydroxyl groups excluding tert-OH is 2. The Hall–Kier alpha value is -3.73. The normalized spacial score (nSPS) is 19.0. The fourth-order valence-corrected chi connectivity index (χ4v) is 4.50. The molecule has 4 aromatic rings. The second-order valence-electron chi connectivity index (χ2n) is 8.77. The maximum absolute atomic E-state index is 9.86. The highest BCUT2D eigenvalue weighted by Crippen LogP contribution is 2.46. The van der Waals surface area contributed by atoms with Crippen molar-refractivity contribution in [2.24, 2.45) is 0 Å². The van der Waals surface area contributed by atoms with Crippen LogP contribution in [0.5, 0.6) is 0 Å². The van der Waals surface area contributed by atoms with Gasteiger partial charge in [-0.15, -0.1) is 0 Å². The summed E-state index contributed by atoms with van der Waals surface area (Å²) in [5.74, 6) is 8.77. The molecule has 0 aliphatic heterocycles. The Bertz CT molecular complexity index is 1280. The number of hydrogen-bond acceptors (Lipinski definition) is 5. The molecule has 0 radical (unpaired) electrons. The Morgan fingerprint density at radius 2 is 1.74 bits per heavy atom. The lowest BCUT2D eigenvalue weighted by Gasteiger charge is -2.34. The first-order valence-corrected chi connectivity index (χ1v) is 11.5. The van der Waals surface area contributed by atoms with Crippen LogP contribution in [-0.2, 0) is 0 Å². The molecule has 2 aromatic carbocycles. The standard InChI is InChI=1S/C27H27N5O2/c1-18(34)27-28-12-13-32(27)25(16-33)11-4-19-2-5-20(6-3-19)21-7-9-22(10-8-21)23-14-24(15-23)26-29-17-30-31-26/h2-3,5-10,12-13,17-18,23-25,33-34H,14-16H2,1H3,(H,29,30,31)/t18-,23?,24?,25-/m0/s1. The second-order valence-corrected chi connectivity index (χ2v) is 8.77. The average molecular weight is 454 g/mol. The van der Waals surface area contributed by atoms with Gasteiger partial charge < -0.3 is 14.8 Å². The van der Waals surface area contributed by atoms with Crippen molar-refractivity contribution >= 4 is 0 Å². The molecule has 1 saturated carbocycles. The van der Waals surface area contributed by atoms with E-state index in [1.54, 1.807) is 30.2 Å². The number of imidazole rings is 1. The van der Waals surface area contributed by atoms with Crippen molar-refractivity contribution < 1.29 is 10.2 Å². The van der Waals surface area contributed by atoms with E-state index in [4.69, 9.17) is 0 Å². The minimum absolute atomic E-state index is 0.159. The number of benzene rings is 2. The molecular weight excluding hydrogens is 426 g/mol. The van der Waals surface area contributed by atoms with Crippen LogP contribution < -0.4 is 0 Å². The van der Waals surface area contributed by atoms with Crippen molar-refractivity contribution in [3.63, 3.8) is 0 Å². The van der Waals surface area contributed by atoms with E-state index in [9.17, 15) is 10.2 Å².